The van der Waals surface area contributed by atoms with Gasteiger partial charge >= 0.3 is 5.97 Å². The van der Waals surface area contributed by atoms with Gasteiger partial charge in [-0.05, 0) is 31.4 Å². The maximum absolute atomic E-state index is 11.7. The third-order valence-electron chi connectivity index (χ3n) is 2.97. The fourth-order valence-corrected chi connectivity index (χ4v) is 1.95. The van der Waals surface area contributed by atoms with Crippen LogP contribution in [-0.4, -0.2) is 29.6 Å². The maximum Gasteiger partial charge on any atom is 0.326 e. The second kappa shape index (κ2) is 7.53. The second-order valence-corrected chi connectivity index (χ2v) is 4.76. The number of aryl methyl sites for hydroxylation is 2. The summed E-state index contributed by atoms with van der Waals surface area (Å²) in [5, 5.41) is 11.4. The lowest BCUT2D eigenvalue weighted by atomic mass is 10.1. The minimum atomic E-state index is -1.02. The first-order valence-electron chi connectivity index (χ1n) is 6.66. The molecule has 1 aromatic rings. The Kier molecular flexibility index (Phi) is 6.03. The molecule has 1 amide bonds. The standard InChI is InChI=1S/C15H21NO4/c1-4-6-12(15(18)19)16-13(17)9-20-14-10(2)7-5-8-11(14)3/h5,7-8,12H,4,6,9H2,1-3H3,(H,16,17)(H,18,19)/t12-/m1/s1. The molecule has 1 atom stereocenters. The van der Waals surface area contributed by atoms with Crippen LogP contribution in [0.1, 0.15) is 30.9 Å². The maximum atomic E-state index is 11.7. The van der Waals surface area contributed by atoms with Gasteiger partial charge in [0.1, 0.15) is 11.8 Å². The third kappa shape index (κ3) is 4.57. The first-order valence-corrected chi connectivity index (χ1v) is 6.66. The monoisotopic (exact) mass is 279 g/mol. The van der Waals surface area contributed by atoms with Crippen molar-refractivity contribution < 1.29 is 19.4 Å². The number of carbonyl (C=O) groups is 2. The number of amides is 1. The number of ether oxygens (including phenoxy) is 1. The van der Waals surface area contributed by atoms with E-state index >= 15 is 0 Å². The van der Waals surface area contributed by atoms with Crippen molar-refractivity contribution in [2.75, 3.05) is 6.61 Å². The van der Waals surface area contributed by atoms with Crippen LogP contribution < -0.4 is 10.1 Å². The summed E-state index contributed by atoms with van der Waals surface area (Å²) in [6.45, 7) is 5.49. The van der Waals surface area contributed by atoms with Gasteiger partial charge in [-0.1, -0.05) is 31.5 Å². The molecule has 0 heterocycles. The summed E-state index contributed by atoms with van der Waals surface area (Å²) in [7, 11) is 0. The van der Waals surface area contributed by atoms with E-state index in [1.807, 2.05) is 39.0 Å². The Bertz CT molecular complexity index is 465. The first-order chi connectivity index (χ1) is 9.45. The van der Waals surface area contributed by atoms with E-state index in [0.717, 1.165) is 11.1 Å². The Morgan fingerprint density at radius 2 is 1.90 bits per heavy atom. The Hall–Kier alpha value is -2.04. The lowest BCUT2D eigenvalue weighted by molar-refractivity contribution is -0.142. The van der Waals surface area contributed by atoms with E-state index in [1.54, 1.807) is 0 Å². The van der Waals surface area contributed by atoms with E-state index in [9.17, 15) is 9.59 Å². The Morgan fingerprint density at radius 3 is 2.40 bits per heavy atom. The van der Waals surface area contributed by atoms with Gasteiger partial charge in [0.05, 0.1) is 0 Å². The van der Waals surface area contributed by atoms with E-state index in [0.29, 0.717) is 18.6 Å². The van der Waals surface area contributed by atoms with Gasteiger partial charge in [-0.3, -0.25) is 4.79 Å². The normalized spacial score (nSPS) is 11.8. The number of nitrogens with one attached hydrogen (secondary N) is 1. The molecule has 0 unspecified atom stereocenters. The van der Waals surface area contributed by atoms with Gasteiger partial charge in [0.25, 0.3) is 5.91 Å². The minimum Gasteiger partial charge on any atom is -0.483 e. The summed E-state index contributed by atoms with van der Waals surface area (Å²) < 4.78 is 5.48. The van der Waals surface area contributed by atoms with Crippen molar-refractivity contribution in [3.05, 3.63) is 29.3 Å². The van der Waals surface area contributed by atoms with Crippen LogP contribution in [0.4, 0.5) is 0 Å². The number of hydrogen-bond acceptors (Lipinski definition) is 3. The van der Waals surface area contributed by atoms with Crippen LogP contribution in [0.25, 0.3) is 0 Å². The second-order valence-electron chi connectivity index (χ2n) is 4.76. The Labute approximate surface area is 118 Å². The molecule has 0 bridgehead atoms. The van der Waals surface area contributed by atoms with E-state index < -0.39 is 17.9 Å². The zero-order chi connectivity index (χ0) is 15.1. The summed E-state index contributed by atoms with van der Waals surface area (Å²) in [5.74, 6) is -0.772. The molecule has 0 spiro atoms. The SMILES string of the molecule is CCC[C@@H](NC(=O)COc1c(C)cccc1C)C(=O)O. The highest BCUT2D eigenvalue weighted by atomic mass is 16.5. The number of para-hydroxylation sites is 1. The number of rotatable bonds is 7. The lowest BCUT2D eigenvalue weighted by Gasteiger charge is -2.15. The molecule has 0 fully saturated rings. The predicted molar refractivity (Wildman–Crippen MR) is 75.9 cm³/mol. The molecule has 0 saturated heterocycles. The van der Waals surface area contributed by atoms with Crippen molar-refractivity contribution >= 4 is 11.9 Å². The van der Waals surface area contributed by atoms with Gasteiger partial charge in [0.2, 0.25) is 0 Å². The van der Waals surface area contributed by atoms with Gasteiger partial charge in [0, 0.05) is 0 Å². The summed E-state index contributed by atoms with van der Waals surface area (Å²) in [6.07, 6.45) is 1.10. The predicted octanol–water partition coefficient (Wildman–Crippen LogP) is 2.05. The zero-order valence-electron chi connectivity index (χ0n) is 12.1. The van der Waals surface area contributed by atoms with E-state index in [2.05, 4.69) is 5.32 Å². The van der Waals surface area contributed by atoms with Crippen molar-refractivity contribution in [3.63, 3.8) is 0 Å². The van der Waals surface area contributed by atoms with Gasteiger partial charge in [-0.25, -0.2) is 4.79 Å². The van der Waals surface area contributed by atoms with Crippen molar-refractivity contribution in [1.29, 1.82) is 0 Å². The quantitative estimate of drug-likeness (QED) is 0.801. The van der Waals surface area contributed by atoms with Crippen LogP contribution in [0.15, 0.2) is 18.2 Å². The largest absolute Gasteiger partial charge is 0.483 e. The smallest absolute Gasteiger partial charge is 0.326 e. The number of carboxylic acids is 1. The molecule has 1 aromatic carbocycles. The summed E-state index contributed by atoms with van der Waals surface area (Å²) in [5.41, 5.74) is 1.89. The summed E-state index contributed by atoms with van der Waals surface area (Å²) >= 11 is 0. The topological polar surface area (TPSA) is 75.6 Å². The lowest BCUT2D eigenvalue weighted by Crippen LogP contribution is -2.42. The number of carbonyl (C=O) groups excluding carboxylic acids is 1. The molecular weight excluding hydrogens is 258 g/mol. The van der Waals surface area contributed by atoms with Crippen LogP contribution in [0.3, 0.4) is 0 Å². The highest BCUT2D eigenvalue weighted by Crippen LogP contribution is 2.21. The number of hydrogen-bond donors (Lipinski definition) is 2. The van der Waals surface area contributed by atoms with Gasteiger partial charge < -0.3 is 15.2 Å². The van der Waals surface area contributed by atoms with E-state index in [-0.39, 0.29) is 6.61 Å². The summed E-state index contributed by atoms with van der Waals surface area (Å²) in [4.78, 5) is 22.7. The number of aliphatic carboxylic acids is 1. The summed E-state index contributed by atoms with van der Waals surface area (Å²) in [6, 6.07) is 4.86. The van der Waals surface area contributed by atoms with Crippen LogP contribution in [-0.2, 0) is 9.59 Å². The van der Waals surface area contributed by atoms with Gasteiger partial charge in [-0.15, -0.1) is 0 Å². The molecule has 2 N–H and O–H groups in total. The van der Waals surface area contributed by atoms with Crippen molar-refractivity contribution in [3.8, 4) is 5.75 Å². The van der Waals surface area contributed by atoms with E-state index in [1.165, 1.54) is 0 Å². The minimum absolute atomic E-state index is 0.181. The fraction of sp³-hybridized carbons (Fsp3) is 0.467. The van der Waals surface area contributed by atoms with Crippen LogP contribution in [0.5, 0.6) is 5.75 Å². The molecule has 0 aliphatic carbocycles. The fourth-order valence-electron chi connectivity index (χ4n) is 1.95. The van der Waals surface area contributed by atoms with Crippen molar-refractivity contribution in [2.45, 2.75) is 39.7 Å². The van der Waals surface area contributed by atoms with Crippen LogP contribution in [0, 0.1) is 13.8 Å². The van der Waals surface area contributed by atoms with Gasteiger partial charge in [0.15, 0.2) is 6.61 Å². The molecule has 5 nitrogen and oxygen atoms in total. The Morgan fingerprint density at radius 1 is 1.30 bits per heavy atom. The molecule has 0 saturated carbocycles. The van der Waals surface area contributed by atoms with Crippen LogP contribution in [0.2, 0.25) is 0 Å². The van der Waals surface area contributed by atoms with Gasteiger partial charge in [-0.2, -0.15) is 0 Å². The number of carboxylic acid groups (broad SMARTS) is 1. The third-order valence-corrected chi connectivity index (χ3v) is 2.97. The molecule has 0 aromatic heterocycles. The average Bonchev–Trinajstić information content (AvgIpc) is 2.37. The van der Waals surface area contributed by atoms with Crippen molar-refractivity contribution in [1.82, 2.24) is 5.32 Å². The Balaban J connectivity index is 2.57. The molecular formula is C15H21NO4. The molecule has 0 aliphatic rings. The molecule has 20 heavy (non-hydrogen) atoms. The van der Waals surface area contributed by atoms with E-state index in [4.69, 9.17) is 9.84 Å². The highest BCUT2D eigenvalue weighted by Gasteiger charge is 2.19. The molecule has 110 valence electrons. The molecule has 0 radical (unpaired) electrons. The zero-order valence-corrected chi connectivity index (χ0v) is 12.1. The highest BCUT2D eigenvalue weighted by molar-refractivity contribution is 5.84. The average molecular weight is 279 g/mol. The molecule has 0 aliphatic heterocycles. The van der Waals surface area contributed by atoms with Crippen molar-refractivity contribution in [2.24, 2.45) is 0 Å². The molecule has 5 heteroatoms. The first kappa shape index (κ1) is 16.0. The van der Waals surface area contributed by atoms with Crippen LogP contribution >= 0.6 is 0 Å². The number of benzene rings is 1. The molecule has 1 rings (SSSR count).